The van der Waals surface area contributed by atoms with Crippen LogP contribution in [0, 0.1) is 0 Å². The molecule has 1 aromatic rings. The van der Waals surface area contributed by atoms with Gasteiger partial charge in [0.2, 0.25) is 6.79 Å². The van der Waals surface area contributed by atoms with Crippen LogP contribution in [0.5, 0.6) is 11.5 Å². The summed E-state index contributed by atoms with van der Waals surface area (Å²) in [7, 11) is 0. The van der Waals surface area contributed by atoms with Crippen molar-refractivity contribution in [2.24, 2.45) is 0 Å². The molecule has 1 aliphatic rings. The molecule has 0 saturated heterocycles. The summed E-state index contributed by atoms with van der Waals surface area (Å²) in [5.74, 6) is 1.37. The summed E-state index contributed by atoms with van der Waals surface area (Å²) in [6.07, 6.45) is 0.815. The number of aliphatic hydroxyl groups excluding tert-OH is 1. The first-order valence-corrected chi connectivity index (χ1v) is 5.78. The molecule has 0 fully saturated rings. The number of rotatable bonds is 3. The van der Waals surface area contributed by atoms with Gasteiger partial charge >= 0.3 is 0 Å². The van der Waals surface area contributed by atoms with E-state index < -0.39 is 0 Å². The van der Waals surface area contributed by atoms with Crippen LogP contribution in [0.15, 0.2) is 6.07 Å². The molecular formula is C12H15ClO3. The standard InChI is InChI=1S/C12H15ClO3/c1-3-8-9(7(2)5-14)4-10-12(11(8)13)16-6-15-10/h4,7,14H,3,5-6H2,1-2H3. The number of fused-ring (bicyclic) bond motifs is 1. The van der Waals surface area contributed by atoms with Crippen molar-refractivity contribution >= 4 is 11.6 Å². The van der Waals surface area contributed by atoms with E-state index in [9.17, 15) is 5.11 Å². The van der Waals surface area contributed by atoms with Crippen LogP contribution in [0.25, 0.3) is 0 Å². The normalized spacial score (nSPS) is 15.2. The first kappa shape index (κ1) is 11.6. The Balaban J connectivity index is 2.56. The van der Waals surface area contributed by atoms with Gasteiger partial charge < -0.3 is 14.6 Å². The van der Waals surface area contributed by atoms with Crippen LogP contribution in [0.1, 0.15) is 30.9 Å². The molecule has 4 heteroatoms. The minimum Gasteiger partial charge on any atom is -0.454 e. The minimum atomic E-state index is 0.0574. The van der Waals surface area contributed by atoms with E-state index in [-0.39, 0.29) is 19.3 Å². The van der Waals surface area contributed by atoms with E-state index in [1.54, 1.807) is 0 Å². The Morgan fingerprint density at radius 2 is 2.25 bits per heavy atom. The number of aliphatic hydroxyl groups is 1. The van der Waals surface area contributed by atoms with E-state index in [2.05, 4.69) is 0 Å². The van der Waals surface area contributed by atoms with Gasteiger partial charge in [-0.3, -0.25) is 0 Å². The van der Waals surface area contributed by atoms with Crippen molar-refractivity contribution in [3.63, 3.8) is 0 Å². The van der Waals surface area contributed by atoms with E-state index in [4.69, 9.17) is 21.1 Å². The Morgan fingerprint density at radius 1 is 1.50 bits per heavy atom. The fourth-order valence-electron chi connectivity index (χ4n) is 1.96. The fraction of sp³-hybridized carbons (Fsp3) is 0.500. The van der Waals surface area contributed by atoms with Crippen molar-refractivity contribution in [3.8, 4) is 11.5 Å². The van der Waals surface area contributed by atoms with Crippen molar-refractivity contribution in [1.29, 1.82) is 0 Å². The zero-order valence-electron chi connectivity index (χ0n) is 9.42. The second kappa shape index (κ2) is 4.52. The van der Waals surface area contributed by atoms with E-state index in [1.165, 1.54) is 0 Å². The summed E-state index contributed by atoms with van der Waals surface area (Å²) in [4.78, 5) is 0. The number of benzene rings is 1. The van der Waals surface area contributed by atoms with Crippen LogP contribution >= 0.6 is 11.6 Å². The second-order valence-electron chi connectivity index (χ2n) is 3.93. The monoisotopic (exact) mass is 242 g/mol. The SMILES string of the molecule is CCc1c(C(C)CO)cc2c(c1Cl)OCO2. The smallest absolute Gasteiger partial charge is 0.231 e. The van der Waals surface area contributed by atoms with Crippen molar-refractivity contribution in [2.75, 3.05) is 13.4 Å². The van der Waals surface area contributed by atoms with Gasteiger partial charge in [-0.15, -0.1) is 0 Å². The molecule has 1 aliphatic heterocycles. The summed E-state index contributed by atoms with van der Waals surface area (Å²) < 4.78 is 10.6. The Bertz CT molecular complexity index is 404. The molecule has 0 aromatic heterocycles. The first-order valence-electron chi connectivity index (χ1n) is 5.40. The van der Waals surface area contributed by atoms with Crippen LogP contribution in [0.2, 0.25) is 5.02 Å². The number of hydrogen-bond donors (Lipinski definition) is 1. The summed E-state index contributed by atoms with van der Waals surface area (Å²) in [5, 5.41) is 9.85. The maximum absolute atomic E-state index is 9.23. The zero-order valence-corrected chi connectivity index (χ0v) is 10.2. The molecule has 0 amide bonds. The maximum Gasteiger partial charge on any atom is 0.231 e. The van der Waals surface area contributed by atoms with Crippen LogP contribution in [0.3, 0.4) is 0 Å². The number of ether oxygens (including phenoxy) is 2. The summed E-state index contributed by atoms with van der Waals surface area (Å²) in [5.41, 5.74) is 2.08. The van der Waals surface area contributed by atoms with E-state index in [0.29, 0.717) is 16.5 Å². The molecule has 3 nitrogen and oxygen atoms in total. The fourth-order valence-corrected chi connectivity index (χ4v) is 2.35. The zero-order chi connectivity index (χ0) is 11.7. The minimum absolute atomic E-state index is 0.0574. The van der Waals surface area contributed by atoms with E-state index >= 15 is 0 Å². The van der Waals surface area contributed by atoms with Gasteiger partial charge in [0.1, 0.15) is 0 Å². The van der Waals surface area contributed by atoms with Gasteiger partial charge in [-0.2, -0.15) is 0 Å². The van der Waals surface area contributed by atoms with Gasteiger partial charge in [0.25, 0.3) is 0 Å². The van der Waals surface area contributed by atoms with E-state index in [1.807, 2.05) is 19.9 Å². The molecule has 1 atom stereocenters. The lowest BCUT2D eigenvalue weighted by molar-refractivity contribution is 0.174. The lowest BCUT2D eigenvalue weighted by atomic mass is 9.94. The molecule has 0 radical (unpaired) electrons. The van der Waals surface area contributed by atoms with Crippen molar-refractivity contribution in [1.82, 2.24) is 0 Å². The third kappa shape index (κ3) is 1.74. The first-order chi connectivity index (χ1) is 7.69. The van der Waals surface area contributed by atoms with Gasteiger partial charge in [0, 0.05) is 12.5 Å². The van der Waals surface area contributed by atoms with Crippen LogP contribution < -0.4 is 9.47 Å². The Hall–Kier alpha value is -0.930. The molecule has 1 unspecified atom stereocenters. The van der Waals surface area contributed by atoms with Gasteiger partial charge in [-0.25, -0.2) is 0 Å². The lowest BCUT2D eigenvalue weighted by Crippen LogP contribution is -2.04. The summed E-state index contributed by atoms with van der Waals surface area (Å²) >= 11 is 6.27. The lowest BCUT2D eigenvalue weighted by Gasteiger charge is -2.16. The second-order valence-corrected chi connectivity index (χ2v) is 4.31. The number of hydrogen-bond acceptors (Lipinski definition) is 3. The van der Waals surface area contributed by atoms with Gasteiger partial charge in [-0.1, -0.05) is 25.4 Å². The van der Waals surface area contributed by atoms with Gasteiger partial charge in [-0.05, 0) is 23.6 Å². The Labute approximate surface area is 99.9 Å². The molecule has 1 heterocycles. The highest BCUT2D eigenvalue weighted by atomic mass is 35.5. The maximum atomic E-state index is 9.23. The molecular weight excluding hydrogens is 228 g/mol. The molecule has 1 aromatic carbocycles. The van der Waals surface area contributed by atoms with Crippen molar-refractivity contribution in [3.05, 3.63) is 22.2 Å². The highest BCUT2D eigenvalue weighted by Crippen LogP contribution is 2.44. The molecule has 2 rings (SSSR count). The predicted octanol–water partition coefficient (Wildman–Crippen LogP) is 2.73. The van der Waals surface area contributed by atoms with Crippen molar-refractivity contribution < 1.29 is 14.6 Å². The highest BCUT2D eigenvalue weighted by Gasteiger charge is 2.24. The quantitative estimate of drug-likeness (QED) is 0.886. The molecule has 0 bridgehead atoms. The summed E-state index contributed by atoms with van der Waals surface area (Å²) in [6, 6.07) is 1.92. The molecule has 0 aliphatic carbocycles. The molecule has 88 valence electrons. The van der Waals surface area contributed by atoms with Gasteiger partial charge in [0.15, 0.2) is 11.5 Å². The largest absolute Gasteiger partial charge is 0.454 e. The Morgan fingerprint density at radius 3 is 2.88 bits per heavy atom. The highest BCUT2D eigenvalue weighted by molar-refractivity contribution is 6.33. The third-order valence-electron chi connectivity index (χ3n) is 2.90. The topological polar surface area (TPSA) is 38.7 Å². The number of halogens is 1. The molecule has 1 N–H and O–H groups in total. The average molecular weight is 243 g/mol. The van der Waals surface area contributed by atoms with Crippen LogP contribution in [-0.4, -0.2) is 18.5 Å². The van der Waals surface area contributed by atoms with Crippen LogP contribution in [0.4, 0.5) is 0 Å². The Kier molecular flexibility index (Phi) is 3.26. The summed E-state index contributed by atoms with van der Waals surface area (Å²) in [6.45, 7) is 4.32. The van der Waals surface area contributed by atoms with Gasteiger partial charge in [0.05, 0.1) is 5.02 Å². The van der Waals surface area contributed by atoms with E-state index in [0.717, 1.165) is 17.5 Å². The van der Waals surface area contributed by atoms with Crippen molar-refractivity contribution in [2.45, 2.75) is 26.2 Å². The molecule has 16 heavy (non-hydrogen) atoms. The predicted molar refractivity (Wildman–Crippen MR) is 62.5 cm³/mol. The van der Waals surface area contributed by atoms with Crippen LogP contribution in [-0.2, 0) is 6.42 Å². The third-order valence-corrected chi connectivity index (χ3v) is 3.30. The molecule has 0 saturated carbocycles. The molecule has 0 spiro atoms. The average Bonchev–Trinajstić information content (AvgIpc) is 2.76.